The van der Waals surface area contributed by atoms with Gasteiger partial charge < -0.3 is 14.2 Å². The van der Waals surface area contributed by atoms with Gasteiger partial charge in [-0.05, 0) is 43.3 Å². The van der Waals surface area contributed by atoms with Crippen molar-refractivity contribution in [1.29, 1.82) is 0 Å². The van der Waals surface area contributed by atoms with Crippen LogP contribution in [-0.2, 0) is 9.47 Å². The second kappa shape index (κ2) is 9.16. The molecule has 2 aromatic carbocycles. The van der Waals surface area contributed by atoms with Gasteiger partial charge in [0.05, 0.1) is 22.7 Å². The predicted molar refractivity (Wildman–Crippen MR) is 91.3 cm³/mol. The maximum absolute atomic E-state index is 11.9. The SMILES string of the molecule is CCOC(=O)c1ccc(C(=O)OCCOc2ccc([N+](=O)[O-])cc2)cc1. The number of nitrogens with zero attached hydrogens (tertiary/aromatic N) is 1. The first-order valence-corrected chi connectivity index (χ1v) is 7.83. The molecule has 0 aromatic heterocycles. The number of benzene rings is 2. The Morgan fingerprint density at radius 2 is 1.42 bits per heavy atom. The van der Waals surface area contributed by atoms with Crippen molar-refractivity contribution in [2.24, 2.45) is 0 Å². The molecule has 0 N–H and O–H groups in total. The maximum atomic E-state index is 11.9. The second-order valence-electron chi connectivity index (χ2n) is 5.03. The van der Waals surface area contributed by atoms with Crippen LogP contribution < -0.4 is 4.74 Å². The number of non-ortho nitro benzene ring substituents is 1. The summed E-state index contributed by atoms with van der Waals surface area (Å²) < 4.78 is 15.3. The maximum Gasteiger partial charge on any atom is 0.338 e. The number of esters is 2. The largest absolute Gasteiger partial charge is 0.490 e. The first-order chi connectivity index (χ1) is 12.5. The molecule has 0 aliphatic carbocycles. The molecular formula is C18H17NO7. The molecule has 0 heterocycles. The Hall–Kier alpha value is -3.42. The van der Waals surface area contributed by atoms with E-state index in [-0.39, 0.29) is 25.5 Å². The lowest BCUT2D eigenvalue weighted by Gasteiger charge is -2.08. The summed E-state index contributed by atoms with van der Waals surface area (Å²) in [6.45, 7) is 2.10. The Bertz CT molecular complexity index is 769. The summed E-state index contributed by atoms with van der Waals surface area (Å²) in [4.78, 5) is 33.5. The zero-order valence-electron chi connectivity index (χ0n) is 14.0. The van der Waals surface area contributed by atoms with Crippen molar-refractivity contribution >= 4 is 17.6 Å². The molecule has 0 radical (unpaired) electrons. The van der Waals surface area contributed by atoms with E-state index in [0.29, 0.717) is 16.9 Å². The normalized spacial score (nSPS) is 10.0. The molecule has 0 bridgehead atoms. The molecule has 0 saturated carbocycles. The monoisotopic (exact) mass is 359 g/mol. The number of hydrogen-bond donors (Lipinski definition) is 0. The average Bonchev–Trinajstić information content (AvgIpc) is 2.65. The first-order valence-electron chi connectivity index (χ1n) is 7.83. The van der Waals surface area contributed by atoms with Crippen molar-refractivity contribution < 1.29 is 28.7 Å². The van der Waals surface area contributed by atoms with Gasteiger partial charge in [0.2, 0.25) is 0 Å². The van der Waals surface area contributed by atoms with Crippen molar-refractivity contribution in [3.63, 3.8) is 0 Å². The lowest BCUT2D eigenvalue weighted by molar-refractivity contribution is -0.384. The van der Waals surface area contributed by atoms with Gasteiger partial charge in [0.25, 0.3) is 5.69 Å². The van der Waals surface area contributed by atoms with Gasteiger partial charge in [-0.25, -0.2) is 9.59 Å². The van der Waals surface area contributed by atoms with Gasteiger partial charge in [0.15, 0.2) is 0 Å². The summed E-state index contributed by atoms with van der Waals surface area (Å²) in [5, 5.41) is 10.6. The van der Waals surface area contributed by atoms with Gasteiger partial charge in [0.1, 0.15) is 19.0 Å². The number of nitro benzene ring substituents is 1. The summed E-state index contributed by atoms with van der Waals surface area (Å²) in [7, 11) is 0. The Morgan fingerprint density at radius 3 is 1.92 bits per heavy atom. The number of rotatable bonds is 8. The quantitative estimate of drug-likeness (QED) is 0.309. The van der Waals surface area contributed by atoms with E-state index >= 15 is 0 Å². The molecular weight excluding hydrogens is 342 g/mol. The van der Waals surface area contributed by atoms with Crippen LogP contribution in [0.2, 0.25) is 0 Å². The molecule has 8 nitrogen and oxygen atoms in total. The summed E-state index contributed by atoms with van der Waals surface area (Å²) in [5.41, 5.74) is 0.619. The minimum Gasteiger partial charge on any atom is -0.490 e. The van der Waals surface area contributed by atoms with E-state index in [0.717, 1.165) is 0 Å². The lowest BCUT2D eigenvalue weighted by atomic mass is 10.1. The van der Waals surface area contributed by atoms with Crippen LogP contribution in [0.4, 0.5) is 5.69 Å². The number of carbonyl (C=O) groups is 2. The Balaban J connectivity index is 1.77. The number of carbonyl (C=O) groups excluding carboxylic acids is 2. The molecule has 26 heavy (non-hydrogen) atoms. The molecule has 2 rings (SSSR count). The molecule has 136 valence electrons. The number of nitro groups is 1. The van der Waals surface area contributed by atoms with Crippen molar-refractivity contribution in [3.05, 3.63) is 69.8 Å². The Morgan fingerprint density at radius 1 is 0.885 bits per heavy atom. The molecule has 8 heteroatoms. The lowest BCUT2D eigenvalue weighted by Crippen LogP contribution is -2.12. The molecule has 2 aromatic rings. The van der Waals surface area contributed by atoms with E-state index in [1.165, 1.54) is 48.5 Å². The van der Waals surface area contributed by atoms with Crippen LogP contribution >= 0.6 is 0 Å². The predicted octanol–water partition coefficient (Wildman–Crippen LogP) is 3.01. The third kappa shape index (κ3) is 5.30. The molecule has 0 amide bonds. The van der Waals surface area contributed by atoms with Crippen molar-refractivity contribution in [2.75, 3.05) is 19.8 Å². The minimum atomic E-state index is -0.548. The van der Waals surface area contributed by atoms with Crippen LogP contribution in [0.15, 0.2) is 48.5 Å². The molecule has 0 saturated heterocycles. The van der Waals surface area contributed by atoms with E-state index in [2.05, 4.69) is 0 Å². The fourth-order valence-electron chi connectivity index (χ4n) is 2.00. The standard InChI is InChI=1S/C18H17NO7/c1-2-24-17(20)13-3-5-14(6-4-13)18(21)26-12-11-25-16-9-7-15(8-10-16)19(22)23/h3-10H,2,11-12H2,1H3. The minimum absolute atomic E-state index is 0.00937. The van der Waals surface area contributed by atoms with Crippen LogP contribution in [0.1, 0.15) is 27.6 Å². The van der Waals surface area contributed by atoms with E-state index in [1.807, 2.05) is 0 Å². The highest BCUT2D eigenvalue weighted by Crippen LogP contribution is 2.17. The number of hydrogen-bond acceptors (Lipinski definition) is 7. The molecule has 0 spiro atoms. The molecule has 0 aliphatic rings. The van der Waals surface area contributed by atoms with Gasteiger partial charge in [-0.2, -0.15) is 0 Å². The van der Waals surface area contributed by atoms with E-state index in [4.69, 9.17) is 14.2 Å². The van der Waals surface area contributed by atoms with Gasteiger partial charge in [0, 0.05) is 12.1 Å². The first kappa shape index (κ1) is 18.9. The summed E-state index contributed by atoms with van der Waals surface area (Å²) in [6.07, 6.45) is 0. The van der Waals surface area contributed by atoms with E-state index in [9.17, 15) is 19.7 Å². The van der Waals surface area contributed by atoms with Gasteiger partial charge in [-0.1, -0.05) is 0 Å². The zero-order chi connectivity index (χ0) is 18.9. The van der Waals surface area contributed by atoms with Gasteiger partial charge in [-0.15, -0.1) is 0 Å². The van der Waals surface area contributed by atoms with Crippen LogP contribution in [0, 0.1) is 10.1 Å². The topological polar surface area (TPSA) is 105 Å². The molecule has 0 atom stereocenters. The molecule has 0 fully saturated rings. The van der Waals surface area contributed by atoms with E-state index in [1.54, 1.807) is 6.92 Å². The van der Waals surface area contributed by atoms with Crippen LogP contribution in [0.25, 0.3) is 0 Å². The summed E-state index contributed by atoms with van der Waals surface area (Å²) in [6, 6.07) is 11.5. The van der Waals surface area contributed by atoms with Crippen molar-refractivity contribution in [2.45, 2.75) is 6.92 Å². The fraction of sp³-hybridized carbons (Fsp3) is 0.222. The van der Waals surface area contributed by atoms with Gasteiger partial charge in [-0.3, -0.25) is 10.1 Å². The Kier molecular flexibility index (Phi) is 6.67. The second-order valence-corrected chi connectivity index (χ2v) is 5.03. The van der Waals surface area contributed by atoms with Gasteiger partial charge >= 0.3 is 11.9 Å². The van der Waals surface area contributed by atoms with Crippen molar-refractivity contribution in [1.82, 2.24) is 0 Å². The highest BCUT2D eigenvalue weighted by molar-refractivity contribution is 5.93. The van der Waals surface area contributed by atoms with Crippen LogP contribution in [0.3, 0.4) is 0 Å². The average molecular weight is 359 g/mol. The van der Waals surface area contributed by atoms with Crippen LogP contribution in [0.5, 0.6) is 5.75 Å². The molecule has 0 unspecified atom stereocenters. The third-order valence-electron chi connectivity index (χ3n) is 3.26. The third-order valence-corrected chi connectivity index (χ3v) is 3.26. The highest BCUT2D eigenvalue weighted by atomic mass is 16.6. The summed E-state index contributed by atoms with van der Waals surface area (Å²) >= 11 is 0. The van der Waals surface area contributed by atoms with E-state index < -0.39 is 16.9 Å². The number of ether oxygens (including phenoxy) is 3. The molecule has 0 aliphatic heterocycles. The van der Waals surface area contributed by atoms with Crippen LogP contribution in [-0.4, -0.2) is 36.7 Å². The summed E-state index contributed by atoms with van der Waals surface area (Å²) in [5.74, 6) is -0.568. The highest BCUT2D eigenvalue weighted by Gasteiger charge is 2.10. The smallest absolute Gasteiger partial charge is 0.338 e. The zero-order valence-corrected chi connectivity index (χ0v) is 14.0. The van der Waals surface area contributed by atoms with Crippen molar-refractivity contribution in [3.8, 4) is 5.75 Å². The fourth-order valence-corrected chi connectivity index (χ4v) is 2.00. The Labute approximate surface area is 149 Å².